The molecule has 0 bridgehead atoms. The van der Waals surface area contributed by atoms with Gasteiger partial charge in [-0.3, -0.25) is 4.90 Å². The van der Waals surface area contributed by atoms with E-state index in [-0.39, 0.29) is 6.10 Å². The van der Waals surface area contributed by atoms with Crippen LogP contribution in [0.25, 0.3) is 0 Å². The van der Waals surface area contributed by atoms with Crippen LogP contribution in [-0.4, -0.2) is 47.7 Å². The maximum atomic E-state index is 6.04. The number of rotatable bonds is 3. The Kier molecular flexibility index (Phi) is 4.13. The largest absolute Gasteiger partial charge is 0.373 e. The molecule has 0 aromatic carbocycles. The van der Waals surface area contributed by atoms with Crippen LogP contribution in [0.4, 0.5) is 5.82 Å². The van der Waals surface area contributed by atoms with Crippen LogP contribution in [0.5, 0.6) is 0 Å². The van der Waals surface area contributed by atoms with Gasteiger partial charge in [0.05, 0.1) is 6.61 Å². The molecular weight excluding hydrogens is 264 g/mol. The molecule has 0 amide bonds. The van der Waals surface area contributed by atoms with Crippen molar-refractivity contribution < 1.29 is 4.74 Å². The zero-order valence-corrected chi connectivity index (χ0v) is 13.5. The van der Waals surface area contributed by atoms with Crippen LogP contribution in [0, 0.1) is 6.92 Å². The molecule has 2 saturated heterocycles. The van der Waals surface area contributed by atoms with Gasteiger partial charge in [-0.1, -0.05) is 13.8 Å². The van der Waals surface area contributed by atoms with E-state index in [9.17, 15) is 0 Å². The van der Waals surface area contributed by atoms with Gasteiger partial charge < -0.3 is 10.1 Å². The molecule has 5 heteroatoms. The summed E-state index contributed by atoms with van der Waals surface area (Å²) in [4.78, 5) is 12.0. The second kappa shape index (κ2) is 5.89. The lowest BCUT2D eigenvalue weighted by Gasteiger charge is -2.34. The molecule has 3 rings (SSSR count). The fraction of sp³-hybridized carbons (Fsp3) is 0.750. The Morgan fingerprint density at radius 2 is 2.14 bits per heavy atom. The molecule has 0 spiro atoms. The molecule has 5 nitrogen and oxygen atoms in total. The Balaban J connectivity index is 1.87. The highest BCUT2D eigenvalue weighted by atomic mass is 16.5. The van der Waals surface area contributed by atoms with Crippen LogP contribution in [0.1, 0.15) is 55.8 Å². The molecule has 2 atom stereocenters. The van der Waals surface area contributed by atoms with Gasteiger partial charge in [-0.15, -0.1) is 0 Å². The molecule has 3 heterocycles. The lowest BCUT2D eigenvalue weighted by Crippen LogP contribution is -2.43. The molecule has 2 aliphatic rings. The first-order valence-electron chi connectivity index (χ1n) is 8.02. The number of hydrogen-bond acceptors (Lipinski definition) is 5. The highest BCUT2D eigenvalue weighted by molar-refractivity contribution is 5.48. The van der Waals surface area contributed by atoms with Crippen molar-refractivity contribution in [2.75, 3.05) is 32.1 Å². The number of anilines is 1. The average Bonchev–Trinajstić information content (AvgIpc) is 2.93. The fourth-order valence-corrected chi connectivity index (χ4v) is 3.60. The number of fused-ring (bicyclic) bond motifs is 1. The summed E-state index contributed by atoms with van der Waals surface area (Å²) < 4.78 is 6.04. The van der Waals surface area contributed by atoms with Crippen LogP contribution >= 0.6 is 0 Å². The topological polar surface area (TPSA) is 50.3 Å². The fourth-order valence-electron chi connectivity index (χ4n) is 3.60. The third-order valence-electron chi connectivity index (χ3n) is 4.64. The lowest BCUT2D eigenvalue weighted by molar-refractivity contribution is -0.0541. The first-order valence-corrected chi connectivity index (χ1v) is 8.02. The van der Waals surface area contributed by atoms with Crippen LogP contribution in [0.2, 0.25) is 0 Å². The van der Waals surface area contributed by atoms with Crippen molar-refractivity contribution in [3.8, 4) is 0 Å². The number of morpholine rings is 1. The number of nitrogens with zero attached hydrogens (tertiary/aromatic N) is 3. The number of nitrogens with one attached hydrogen (secondary N) is 1. The molecule has 0 aliphatic carbocycles. The van der Waals surface area contributed by atoms with Crippen LogP contribution in [0.3, 0.4) is 0 Å². The van der Waals surface area contributed by atoms with Crippen molar-refractivity contribution in [1.82, 2.24) is 14.9 Å². The Hall–Kier alpha value is -1.20. The summed E-state index contributed by atoms with van der Waals surface area (Å²) in [5.41, 5.74) is 2.27. The molecule has 0 radical (unpaired) electrons. The van der Waals surface area contributed by atoms with Gasteiger partial charge in [0, 0.05) is 30.9 Å². The molecule has 1 aromatic rings. The SMILES string of the molecule is CNc1nc(C2CN3CCCC3CO2)nc(C)c1C(C)C. The number of aromatic nitrogens is 2. The Morgan fingerprint density at radius 1 is 1.33 bits per heavy atom. The molecule has 2 unspecified atom stereocenters. The van der Waals surface area contributed by atoms with E-state index in [4.69, 9.17) is 14.7 Å². The van der Waals surface area contributed by atoms with Crippen molar-refractivity contribution in [3.63, 3.8) is 0 Å². The molecular formula is C16H26N4O. The van der Waals surface area contributed by atoms with E-state index in [2.05, 4.69) is 31.0 Å². The van der Waals surface area contributed by atoms with Crippen LogP contribution < -0.4 is 5.32 Å². The standard InChI is InChI=1S/C16H26N4O/c1-10(2)14-11(3)18-15(19-16(14)17-4)13-8-20-7-5-6-12(20)9-21-13/h10,12-13H,5-9H2,1-4H3,(H,17,18,19). The average molecular weight is 290 g/mol. The van der Waals surface area contributed by atoms with Crippen molar-refractivity contribution in [2.24, 2.45) is 0 Å². The second-order valence-electron chi connectivity index (χ2n) is 6.45. The third-order valence-corrected chi connectivity index (χ3v) is 4.64. The molecule has 2 fully saturated rings. The third kappa shape index (κ3) is 2.77. The summed E-state index contributed by atoms with van der Waals surface area (Å²) in [7, 11) is 1.93. The van der Waals surface area contributed by atoms with Crippen molar-refractivity contribution in [3.05, 3.63) is 17.1 Å². The van der Waals surface area contributed by atoms with Gasteiger partial charge in [-0.2, -0.15) is 0 Å². The van der Waals surface area contributed by atoms with Crippen LogP contribution in [0.15, 0.2) is 0 Å². The van der Waals surface area contributed by atoms with E-state index >= 15 is 0 Å². The minimum absolute atomic E-state index is 0.00589. The monoisotopic (exact) mass is 290 g/mol. The summed E-state index contributed by atoms with van der Waals surface area (Å²) in [6, 6.07) is 0.612. The van der Waals surface area contributed by atoms with Crippen molar-refractivity contribution in [1.29, 1.82) is 0 Å². The van der Waals surface area contributed by atoms with Gasteiger partial charge in [-0.25, -0.2) is 9.97 Å². The number of hydrogen-bond donors (Lipinski definition) is 1. The lowest BCUT2D eigenvalue weighted by atomic mass is 10.0. The molecule has 1 N–H and O–H groups in total. The Labute approximate surface area is 127 Å². The number of ether oxygens (including phenoxy) is 1. The minimum atomic E-state index is 0.00589. The zero-order chi connectivity index (χ0) is 15.0. The Morgan fingerprint density at radius 3 is 2.86 bits per heavy atom. The Bertz CT molecular complexity index is 517. The van der Waals surface area contributed by atoms with Gasteiger partial charge in [0.2, 0.25) is 0 Å². The first kappa shape index (κ1) is 14.7. The zero-order valence-electron chi connectivity index (χ0n) is 13.5. The summed E-state index contributed by atoms with van der Waals surface area (Å²) in [5.74, 6) is 2.18. The quantitative estimate of drug-likeness (QED) is 0.927. The van der Waals surface area contributed by atoms with Crippen molar-refractivity contribution >= 4 is 5.82 Å². The molecule has 116 valence electrons. The minimum Gasteiger partial charge on any atom is -0.373 e. The number of aryl methyl sites for hydroxylation is 1. The normalized spacial score (nSPS) is 26.1. The van der Waals surface area contributed by atoms with Gasteiger partial charge in [0.25, 0.3) is 0 Å². The van der Waals surface area contributed by atoms with E-state index in [1.165, 1.54) is 24.9 Å². The predicted octanol–water partition coefficient (Wildman–Crippen LogP) is 2.49. The first-order chi connectivity index (χ1) is 10.1. The molecule has 21 heavy (non-hydrogen) atoms. The van der Waals surface area contributed by atoms with Gasteiger partial charge in [-0.05, 0) is 32.2 Å². The summed E-state index contributed by atoms with van der Waals surface area (Å²) >= 11 is 0. The molecule has 2 aliphatic heterocycles. The summed E-state index contributed by atoms with van der Waals surface area (Å²) in [5, 5.41) is 3.22. The summed E-state index contributed by atoms with van der Waals surface area (Å²) in [6.45, 7) is 9.35. The highest BCUT2D eigenvalue weighted by Crippen LogP contribution is 2.31. The van der Waals surface area contributed by atoms with E-state index in [1.54, 1.807) is 0 Å². The smallest absolute Gasteiger partial charge is 0.161 e. The maximum absolute atomic E-state index is 6.04. The summed E-state index contributed by atoms with van der Waals surface area (Å²) in [6.07, 6.45) is 2.56. The van der Waals surface area contributed by atoms with E-state index in [1.807, 2.05) is 7.05 Å². The van der Waals surface area contributed by atoms with Gasteiger partial charge in [0.15, 0.2) is 5.82 Å². The van der Waals surface area contributed by atoms with Gasteiger partial charge >= 0.3 is 0 Å². The maximum Gasteiger partial charge on any atom is 0.161 e. The van der Waals surface area contributed by atoms with Gasteiger partial charge in [0.1, 0.15) is 11.9 Å². The van der Waals surface area contributed by atoms with Crippen LogP contribution in [-0.2, 0) is 4.74 Å². The highest BCUT2D eigenvalue weighted by Gasteiger charge is 2.34. The molecule has 0 saturated carbocycles. The second-order valence-corrected chi connectivity index (χ2v) is 6.45. The predicted molar refractivity (Wildman–Crippen MR) is 83.7 cm³/mol. The van der Waals surface area contributed by atoms with E-state index in [0.717, 1.165) is 30.5 Å². The molecule has 1 aromatic heterocycles. The van der Waals surface area contributed by atoms with Crippen molar-refractivity contribution in [2.45, 2.75) is 51.7 Å². The van der Waals surface area contributed by atoms with E-state index < -0.39 is 0 Å². The van der Waals surface area contributed by atoms with E-state index in [0.29, 0.717) is 12.0 Å².